The number of pyridine rings is 1. The van der Waals surface area contributed by atoms with Crippen LogP contribution in [-0.2, 0) is 9.59 Å². The number of aromatic nitrogens is 1. The number of ether oxygens (including phenoxy) is 1. The Morgan fingerprint density at radius 3 is 2.38 bits per heavy atom. The Hall–Kier alpha value is -4.34. The number of amides is 2. The van der Waals surface area contributed by atoms with Gasteiger partial charge in [-0.15, -0.1) is 0 Å². The Morgan fingerprint density at radius 2 is 1.76 bits per heavy atom. The maximum absolute atomic E-state index is 13.2. The highest BCUT2D eigenvalue weighted by molar-refractivity contribution is 8.00. The Labute approximate surface area is 200 Å². The zero-order valence-corrected chi connectivity index (χ0v) is 19.0. The van der Waals surface area contributed by atoms with Gasteiger partial charge in [-0.1, -0.05) is 42.1 Å². The van der Waals surface area contributed by atoms with Crippen molar-refractivity contribution in [3.8, 4) is 29.0 Å². The number of hydrogen-bond acceptors (Lipinski definition) is 8. The van der Waals surface area contributed by atoms with Gasteiger partial charge < -0.3 is 10.5 Å². The van der Waals surface area contributed by atoms with E-state index in [0.29, 0.717) is 29.2 Å². The monoisotopic (exact) mass is 469 g/mol. The molecule has 0 spiro atoms. The predicted octanol–water partition coefficient (Wildman–Crippen LogP) is 3.90. The van der Waals surface area contributed by atoms with Crippen LogP contribution in [0.3, 0.4) is 0 Å². The van der Waals surface area contributed by atoms with Crippen LogP contribution < -0.4 is 15.4 Å². The smallest absolute Gasteiger partial charge is 0.247 e. The van der Waals surface area contributed by atoms with Crippen molar-refractivity contribution in [2.24, 2.45) is 0 Å². The first-order valence-electron chi connectivity index (χ1n) is 10.4. The van der Waals surface area contributed by atoms with E-state index in [0.717, 1.165) is 16.7 Å². The van der Waals surface area contributed by atoms with Crippen molar-refractivity contribution < 1.29 is 14.3 Å². The fraction of sp³-hybridized carbons (Fsp3) is 0.160. The van der Waals surface area contributed by atoms with E-state index >= 15 is 0 Å². The molecule has 1 aromatic heterocycles. The second-order valence-corrected chi connectivity index (χ2v) is 8.51. The fourth-order valence-corrected chi connectivity index (χ4v) is 4.86. The Bertz CT molecular complexity index is 1340. The molecule has 1 aliphatic rings. The molecule has 1 aliphatic heterocycles. The maximum Gasteiger partial charge on any atom is 0.247 e. The average molecular weight is 470 g/mol. The van der Waals surface area contributed by atoms with Gasteiger partial charge in [0, 0.05) is 12.0 Å². The summed E-state index contributed by atoms with van der Waals surface area (Å²) < 4.78 is 5.41. The van der Waals surface area contributed by atoms with Gasteiger partial charge in [0.1, 0.15) is 34.3 Å². The summed E-state index contributed by atoms with van der Waals surface area (Å²) in [7, 11) is 0. The van der Waals surface area contributed by atoms with E-state index < -0.39 is 11.2 Å². The van der Waals surface area contributed by atoms with E-state index in [4.69, 9.17) is 10.5 Å². The molecule has 2 N–H and O–H groups in total. The molecule has 0 bridgehead atoms. The summed E-state index contributed by atoms with van der Waals surface area (Å²) in [6.45, 7) is 2.37. The second-order valence-electron chi connectivity index (χ2n) is 7.32. The minimum absolute atomic E-state index is 0.0389. The van der Waals surface area contributed by atoms with Gasteiger partial charge in [-0.25, -0.2) is 9.88 Å². The van der Waals surface area contributed by atoms with Crippen molar-refractivity contribution in [3.05, 3.63) is 65.7 Å². The average Bonchev–Trinajstić information content (AvgIpc) is 3.12. The molecular weight excluding hydrogens is 450 g/mol. The van der Waals surface area contributed by atoms with E-state index in [2.05, 4.69) is 11.1 Å². The summed E-state index contributed by atoms with van der Waals surface area (Å²) in [5.41, 5.74) is 7.73. The van der Waals surface area contributed by atoms with E-state index in [9.17, 15) is 20.1 Å². The molecule has 2 aromatic carbocycles. The summed E-state index contributed by atoms with van der Waals surface area (Å²) in [5.74, 6) is -0.160. The summed E-state index contributed by atoms with van der Waals surface area (Å²) in [6, 6.07) is 19.8. The van der Waals surface area contributed by atoms with Crippen molar-refractivity contribution in [3.63, 3.8) is 0 Å². The lowest BCUT2D eigenvalue weighted by molar-refractivity contribution is -0.121. The molecular formula is C25H19N5O3S. The van der Waals surface area contributed by atoms with E-state index in [1.54, 1.807) is 48.5 Å². The molecule has 34 heavy (non-hydrogen) atoms. The van der Waals surface area contributed by atoms with E-state index in [1.807, 2.05) is 19.1 Å². The number of nitrogen functional groups attached to an aromatic ring is 1. The maximum atomic E-state index is 13.2. The first-order valence-corrected chi connectivity index (χ1v) is 11.3. The largest absolute Gasteiger partial charge is 0.494 e. The minimum atomic E-state index is -0.783. The second kappa shape index (κ2) is 9.65. The number of hydrogen-bond donors (Lipinski definition) is 1. The van der Waals surface area contributed by atoms with Gasteiger partial charge >= 0.3 is 0 Å². The molecule has 8 nitrogen and oxygen atoms in total. The molecule has 2 heterocycles. The quantitative estimate of drug-likeness (QED) is 0.538. The fourth-order valence-electron chi connectivity index (χ4n) is 3.74. The summed E-state index contributed by atoms with van der Waals surface area (Å²) in [5, 5.41) is 19.0. The Morgan fingerprint density at radius 1 is 1.09 bits per heavy atom. The van der Waals surface area contributed by atoms with Crippen LogP contribution in [-0.4, -0.2) is 28.7 Å². The lowest BCUT2D eigenvalue weighted by Crippen LogP contribution is -2.31. The molecule has 2 amide bonds. The standard InChI is InChI=1S/C25H19N5O3S/c1-2-33-17-10-8-16(9-11-17)30-21(31)12-20(25(30)32)34-24-19(14-27)22(15-6-4-3-5-7-15)18(13-26)23(28)29-24/h3-11,20H,2,12H2,1H3,(H2,28,29)/t20-/m1/s1. The third-order valence-corrected chi connectivity index (χ3v) is 6.41. The van der Waals surface area contributed by atoms with Crippen LogP contribution in [0.25, 0.3) is 11.1 Å². The summed E-state index contributed by atoms with van der Waals surface area (Å²) in [6.07, 6.45) is -0.0517. The SMILES string of the molecule is CCOc1ccc(N2C(=O)C[C@@H](Sc3nc(N)c(C#N)c(-c4ccccc4)c3C#N)C2=O)cc1. The van der Waals surface area contributed by atoms with Gasteiger partial charge in [0.05, 0.1) is 23.1 Å². The summed E-state index contributed by atoms with van der Waals surface area (Å²) >= 11 is 1.01. The van der Waals surface area contributed by atoms with Gasteiger partial charge in [0.15, 0.2) is 0 Å². The summed E-state index contributed by atoms with van der Waals surface area (Å²) in [4.78, 5) is 31.2. The third-order valence-electron chi connectivity index (χ3n) is 5.24. The normalized spacial score (nSPS) is 15.1. The molecule has 0 unspecified atom stereocenters. The molecule has 4 rings (SSSR count). The number of rotatable bonds is 6. The number of nitrogens with two attached hydrogens (primary N) is 1. The molecule has 9 heteroatoms. The van der Waals surface area contributed by atoms with E-state index in [1.165, 1.54) is 0 Å². The Kier molecular flexibility index (Phi) is 6.48. The number of nitrogens with zero attached hydrogens (tertiary/aromatic N) is 4. The molecule has 0 aliphatic carbocycles. The van der Waals surface area contributed by atoms with Crippen molar-refractivity contribution in [2.75, 3.05) is 17.2 Å². The van der Waals surface area contributed by atoms with Crippen molar-refractivity contribution in [1.29, 1.82) is 10.5 Å². The van der Waals surface area contributed by atoms with Crippen LogP contribution in [0, 0.1) is 22.7 Å². The van der Waals surface area contributed by atoms with Crippen LogP contribution in [0.2, 0.25) is 0 Å². The number of benzene rings is 2. The predicted molar refractivity (Wildman–Crippen MR) is 128 cm³/mol. The molecule has 3 aromatic rings. The molecule has 0 radical (unpaired) electrons. The molecule has 168 valence electrons. The van der Waals surface area contributed by atoms with Crippen LogP contribution >= 0.6 is 11.8 Å². The number of carbonyl (C=O) groups is 2. The number of anilines is 2. The van der Waals surface area contributed by atoms with Crippen LogP contribution in [0.1, 0.15) is 24.5 Å². The first kappa shape index (κ1) is 22.8. The number of nitriles is 2. The highest BCUT2D eigenvalue weighted by Gasteiger charge is 2.41. The highest BCUT2D eigenvalue weighted by atomic mass is 32.2. The Balaban J connectivity index is 1.69. The molecule has 1 atom stereocenters. The topological polar surface area (TPSA) is 133 Å². The van der Waals surface area contributed by atoms with Gasteiger partial charge in [0.2, 0.25) is 11.8 Å². The number of carbonyl (C=O) groups excluding carboxylic acids is 2. The van der Waals surface area contributed by atoms with Gasteiger partial charge in [-0.3, -0.25) is 9.59 Å². The van der Waals surface area contributed by atoms with Crippen LogP contribution in [0.15, 0.2) is 59.6 Å². The number of imide groups is 1. The van der Waals surface area contributed by atoms with Crippen molar-refractivity contribution in [2.45, 2.75) is 23.6 Å². The molecule has 0 saturated carbocycles. The molecule has 1 saturated heterocycles. The van der Waals surface area contributed by atoms with Crippen LogP contribution in [0.5, 0.6) is 5.75 Å². The van der Waals surface area contributed by atoms with Crippen LogP contribution in [0.4, 0.5) is 11.5 Å². The lowest BCUT2D eigenvalue weighted by atomic mass is 9.97. The van der Waals surface area contributed by atoms with Gasteiger partial charge in [0.25, 0.3) is 0 Å². The number of thioether (sulfide) groups is 1. The van der Waals surface area contributed by atoms with E-state index in [-0.39, 0.29) is 34.3 Å². The highest BCUT2D eigenvalue weighted by Crippen LogP contribution is 2.40. The zero-order valence-electron chi connectivity index (χ0n) is 18.2. The molecule has 1 fully saturated rings. The van der Waals surface area contributed by atoms with Crippen molar-refractivity contribution in [1.82, 2.24) is 4.98 Å². The lowest BCUT2D eigenvalue weighted by Gasteiger charge is -2.16. The zero-order chi connectivity index (χ0) is 24.2. The van der Waals surface area contributed by atoms with Crippen molar-refractivity contribution >= 4 is 35.1 Å². The minimum Gasteiger partial charge on any atom is -0.494 e. The first-order chi connectivity index (χ1) is 16.5. The van der Waals surface area contributed by atoms with Gasteiger partial charge in [-0.2, -0.15) is 10.5 Å². The third kappa shape index (κ3) is 4.17. The van der Waals surface area contributed by atoms with Gasteiger partial charge in [-0.05, 0) is 36.8 Å².